The summed E-state index contributed by atoms with van der Waals surface area (Å²) in [6, 6.07) is 5.04. The molecule has 1 atom stereocenters. The number of rotatable bonds is 6. The zero-order valence-electron chi connectivity index (χ0n) is 13.8. The molecule has 2 aromatic heterocycles. The fraction of sp³-hybridized carbons (Fsp3) is 0.353. The third-order valence-electron chi connectivity index (χ3n) is 3.37. The van der Waals surface area contributed by atoms with Crippen molar-refractivity contribution < 1.29 is 14.3 Å². The average Bonchev–Trinajstić information content (AvgIpc) is 2.91. The zero-order chi connectivity index (χ0) is 17.7. The van der Waals surface area contributed by atoms with Crippen LogP contribution in [0.5, 0.6) is 0 Å². The molecule has 24 heavy (non-hydrogen) atoms. The number of carbonyl (C=O) groups excluding carboxylic acids is 2. The Hall–Kier alpha value is -1.92. The van der Waals surface area contributed by atoms with Gasteiger partial charge in [0, 0.05) is 11.1 Å². The van der Waals surface area contributed by atoms with Crippen LogP contribution in [0.15, 0.2) is 24.4 Å². The Bertz CT molecular complexity index is 728. The summed E-state index contributed by atoms with van der Waals surface area (Å²) in [6.45, 7) is 5.59. The van der Waals surface area contributed by atoms with Crippen LogP contribution in [0.1, 0.15) is 40.4 Å². The van der Waals surface area contributed by atoms with Crippen molar-refractivity contribution in [1.82, 2.24) is 4.98 Å². The Kier molecular flexibility index (Phi) is 6.34. The number of esters is 1. The third kappa shape index (κ3) is 4.79. The zero-order valence-corrected chi connectivity index (χ0v) is 15.3. The first-order valence-electron chi connectivity index (χ1n) is 7.63. The molecule has 7 heteroatoms. The molecule has 1 N–H and O–H groups in total. The summed E-state index contributed by atoms with van der Waals surface area (Å²) in [5.41, 5.74) is 1.15. The molecule has 128 valence electrons. The van der Waals surface area contributed by atoms with Crippen molar-refractivity contribution in [3.05, 3.63) is 44.7 Å². The highest BCUT2D eigenvalue weighted by molar-refractivity contribution is 7.14. The van der Waals surface area contributed by atoms with E-state index in [1.54, 1.807) is 12.1 Å². The van der Waals surface area contributed by atoms with Crippen molar-refractivity contribution >= 4 is 40.6 Å². The molecular formula is C17H19ClN2O3S. The Morgan fingerprint density at radius 3 is 2.79 bits per heavy atom. The van der Waals surface area contributed by atoms with Crippen molar-refractivity contribution in [2.24, 2.45) is 0 Å². The van der Waals surface area contributed by atoms with Gasteiger partial charge in [-0.1, -0.05) is 24.9 Å². The number of amides is 1. The molecule has 0 fully saturated rings. The second-order valence-electron chi connectivity index (χ2n) is 5.34. The predicted molar refractivity (Wildman–Crippen MR) is 95.8 cm³/mol. The molecule has 2 heterocycles. The molecule has 0 aromatic carbocycles. The molecule has 0 bridgehead atoms. The van der Waals surface area contributed by atoms with E-state index >= 15 is 0 Å². The van der Waals surface area contributed by atoms with Crippen LogP contribution < -0.4 is 5.32 Å². The SMILES string of the molecule is CCCc1cc(C(=O)O[C@@H](C)C(=O)Nc2ccc(Cl)cn2)sc1C. The molecule has 1 amide bonds. The maximum atomic E-state index is 12.2. The topological polar surface area (TPSA) is 68.3 Å². The Morgan fingerprint density at radius 1 is 1.42 bits per heavy atom. The minimum atomic E-state index is -0.924. The molecule has 0 aliphatic carbocycles. The number of aryl methyl sites for hydroxylation is 2. The fourth-order valence-electron chi connectivity index (χ4n) is 2.09. The average molecular weight is 367 g/mol. The van der Waals surface area contributed by atoms with E-state index in [1.165, 1.54) is 24.5 Å². The van der Waals surface area contributed by atoms with Crippen LogP contribution in [0.3, 0.4) is 0 Å². The Balaban J connectivity index is 1.96. The van der Waals surface area contributed by atoms with Crippen molar-refractivity contribution in [2.45, 2.75) is 39.7 Å². The lowest BCUT2D eigenvalue weighted by atomic mass is 10.1. The third-order valence-corrected chi connectivity index (χ3v) is 4.67. The summed E-state index contributed by atoms with van der Waals surface area (Å²) in [7, 11) is 0. The van der Waals surface area contributed by atoms with Gasteiger partial charge in [0.15, 0.2) is 6.10 Å². The quantitative estimate of drug-likeness (QED) is 0.776. The number of halogens is 1. The first kappa shape index (κ1) is 18.4. The van der Waals surface area contributed by atoms with Crippen LogP contribution in [0, 0.1) is 6.92 Å². The number of pyridine rings is 1. The minimum absolute atomic E-state index is 0.351. The highest BCUT2D eigenvalue weighted by atomic mass is 35.5. The van der Waals surface area contributed by atoms with Gasteiger partial charge in [-0.2, -0.15) is 0 Å². The standard InChI is InChI=1S/C17H19ClN2O3S/c1-4-5-12-8-14(24-11(12)3)17(22)23-10(2)16(21)20-15-7-6-13(18)9-19-15/h6-10H,4-5H2,1-3H3,(H,19,20,21)/t10-/m0/s1. The molecular weight excluding hydrogens is 348 g/mol. The lowest BCUT2D eigenvalue weighted by Gasteiger charge is -2.12. The van der Waals surface area contributed by atoms with E-state index in [2.05, 4.69) is 17.2 Å². The van der Waals surface area contributed by atoms with E-state index in [4.69, 9.17) is 16.3 Å². The summed E-state index contributed by atoms with van der Waals surface area (Å²) in [4.78, 5) is 29.9. The van der Waals surface area contributed by atoms with Gasteiger partial charge in [-0.05, 0) is 44.0 Å². The molecule has 2 rings (SSSR count). The van der Waals surface area contributed by atoms with Gasteiger partial charge in [-0.3, -0.25) is 4.79 Å². The summed E-state index contributed by atoms with van der Waals surface area (Å²) >= 11 is 7.13. The van der Waals surface area contributed by atoms with Crippen LogP contribution >= 0.6 is 22.9 Å². The maximum absolute atomic E-state index is 12.2. The maximum Gasteiger partial charge on any atom is 0.349 e. The van der Waals surface area contributed by atoms with Crippen molar-refractivity contribution in [3.63, 3.8) is 0 Å². The van der Waals surface area contributed by atoms with Crippen molar-refractivity contribution in [1.29, 1.82) is 0 Å². The minimum Gasteiger partial charge on any atom is -0.448 e. The number of nitrogens with zero attached hydrogens (tertiary/aromatic N) is 1. The number of hydrogen-bond acceptors (Lipinski definition) is 5. The van der Waals surface area contributed by atoms with Crippen LogP contribution in [0.4, 0.5) is 5.82 Å². The van der Waals surface area contributed by atoms with Gasteiger partial charge in [0.1, 0.15) is 10.7 Å². The van der Waals surface area contributed by atoms with E-state index in [-0.39, 0.29) is 0 Å². The molecule has 5 nitrogen and oxygen atoms in total. The molecule has 0 unspecified atom stereocenters. The molecule has 0 aliphatic rings. The lowest BCUT2D eigenvalue weighted by Crippen LogP contribution is -2.30. The molecule has 0 radical (unpaired) electrons. The van der Waals surface area contributed by atoms with Crippen LogP contribution in [-0.2, 0) is 16.0 Å². The Labute approximate surface area is 150 Å². The molecule has 0 aliphatic heterocycles. The summed E-state index contributed by atoms with van der Waals surface area (Å²) in [6.07, 6.45) is 2.44. The molecule has 0 spiro atoms. The first-order valence-corrected chi connectivity index (χ1v) is 8.82. The van der Waals surface area contributed by atoms with Crippen LogP contribution in [0.25, 0.3) is 0 Å². The number of thiophene rings is 1. The predicted octanol–water partition coefficient (Wildman–Crippen LogP) is 4.24. The van der Waals surface area contributed by atoms with Gasteiger partial charge in [0.2, 0.25) is 0 Å². The molecule has 0 saturated heterocycles. The van der Waals surface area contributed by atoms with E-state index in [9.17, 15) is 9.59 Å². The molecule has 0 saturated carbocycles. The summed E-state index contributed by atoms with van der Waals surface area (Å²) in [5.74, 6) is -0.582. The highest BCUT2D eigenvalue weighted by Gasteiger charge is 2.21. The van der Waals surface area contributed by atoms with E-state index < -0.39 is 18.0 Å². The van der Waals surface area contributed by atoms with Gasteiger partial charge in [-0.25, -0.2) is 9.78 Å². The van der Waals surface area contributed by atoms with Gasteiger partial charge < -0.3 is 10.1 Å². The number of ether oxygens (including phenoxy) is 1. The number of anilines is 1. The number of hydrogen-bond donors (Lipinski definition) is 1. The molecule has 2 aromatic rings. The first-order chi connectivity index (χ1) is 11.4. The van der Waals surface area contributed by atoms with E-state index in [0.29, 0.717) is 15.7 Å². The fourth-order valence-corrected chi connectivity index (χ4v) is 3.15. The summed E-state index contributed by atoms with van der Waals surface area (Å²) < 4.78 is 5.25. The van der Waals surface area contributed by atoms with E-state index in [0.717, 1.165) is 23.3 Å². The van der Waals surface area contributed by atoms with Gasteiger partial charge in [0.25, 0.3) is 5.91 Å². The number of aromatic nitrogens is 1. The number of nitrogens with one attached hydrogen (secondary N) is 1. The van der Waals surface area contributed by atoms with Gasteiger partial charge in [-0.15, -0.1) is 11.3 Å². The van der Waals surface area contributed by atoms with Crippen LogP contribution in [-0.4, -0.2) is 23.0 Å². The number of carbonyl (C=O) groups is 2. The van der Waals surface area contributed by atoms with Crippen LogP contribution in [0.2, 0.25) is 5.02 Å². The monoisotopic (exact) mass is 366 g/mol. The second kappa shape index (κ2) is 8.26. The van der Waals surface area contributed by atoms with Crippen molar-refractivity contribution in [3.8, 4) is 0 Å². The largest absolute Gasteiger partial charge is 0.448 e. The Morgan fingerprint density at radius 2 is 2.17 bits per heavy atom. The van der Waals surface area contributed by atoms with Gasteiger partial charge >= 0.3 is 5.97 Å². The smallest absolute Gasteiger partial charge is 0.349 e. The van der Waals surface area contributed by atoms with Gasteiger partial charge in [0.05, 0.1) is 5.02 Å². The summed E-state index contributed by atoms with van der Waals surface area (Å²) in [5, 5.41) is 3.06. The lowest BCUT2D eigenvalue weighted by molar-refractivity contribution is -0.123. The normalized spacial score (nSPS) is 11.8. The highest BCUT2D eigenvalue weighted by Crippen LogP contribution is 2.24. The second-order valence-corrected chi connectivity index (χ2v) is 7.03. The van der Waals surface area contributed by atoms with E-state index in [1.807, 2.05) is 13.0 Å². The van der Waals surface area contributed by atoms with Crippen molar-refractivity contribution in [2.75, 3.05) is 5.32 Å².